The summed E-state index contributed by atoms with van der Waals surface area (Å²) in [5.41, 5.74) is 3.96. The lowest BCUT2D eigenvalue weighted by atomic mass is 9.79. The fourth-order valence-electron chi connectivity index (χ4n) is 4.01. The van der Waals surface area contributed by atoms with Crippen LogP contribution in [0.25, 0.3) is 16.8 Å². The fourth-order valence-corrected chi connectivity index (χ4v) is 4.01. The minimum absolute atomic E-state index is 0.695. The van der Waals surface area contributed by atoms with Crippen molar-refractivity contribution in [1.29, 1.82) is 0 Å². The van der Waals surface area contributed by atoms with E-state index in [9.17, 15) is 8.78 Å². The van der Waals surface area contributed by atoms with E-state index in [1.54, 1.807) is 0 Å². The quantitative estimate of drug-likeness (QED) is 0.616. The van der Waals surface area contributed by atoms with Crippen LogP contribution in [-0.2, 0) is 6.42 Å². The number of halogens is 2. The normalized spacial score (nSPS) is 24.4. The molecule has 2 heteroatoms. The Bertz CT molecular complexity index is 765. The standard InChI is InChI=1S/C20H20F2/c1-12-2-4-13(5-3-12)14-6-15-8-17-10-19(21)20(22)11-18(17)9-16(15)7-14/h6,8-13H,2-5,7H2,1H3. The van der Waals surface area contributed by atoms with E-state index in [2.05, 4.69) is 13.0 Å². The molecule has 0 amide bonds. The number of hydrogen-bond donors (Lipinski definition) is 0. The third-order valence-electron chi connectivity index (χ3n) is 5.41. The van der Waals surface area contributed by atoms with Gasteiger partial charge in [-0.15, -0.1) is 0 Å². The Morgan fingerprint density at radius 3 is 2.18 bits per heavy atom. The summed E-state index contributed by atoms with van der Waals surface area (Å²) in [5, 5.41) is 1.58. The molecule has 0 radical (unpaired) electrons. The minimum atomic E-state index is -0.768. The van der Waals surface area contributed by atoms with E-state index in [1.807, 2.05) is 12.1 Å². The Labute approximate surface area is 129 Å². The maximum Gasteiger partial charge on any atom is 0.159 e. The van der Waals surface area contributed by atoms with E-state index in [1.165, 1.54) is 54.5 Å². The van der Waals surface area contributed by atoms with Crippen LogP contribution in [0.5, 0.6) is 0 Å². The maximum absolute atomic E-state index is 13.4. The van der Waals surface area contributed by atoms with Crippen LogP contribution in [-0.4, -0.2) is 0 Å². The molecule has 0 bridgehead atoms. The van der Waals surface area contributed by atoms with Gasteiger partial charge >= 0.3 is 0 Å². The fraction of sp³-hybridized carbons (Fsp3) is 0.400. The lowest BCUT2D eigenvalue weighted by Gasteiger charge is -2.27. The van der Waals surface area contributed by atoms with Gasteiger partial charge in [0, 0.05) is 0 Å². The summed E-state index contributed by atoms with van der Waals surface area (Å²) in [7, 11) is 0. The molecule has 2 aliphatic carbocycles. The molecule has 0 unspecified atom stereocenters. The van der Waals surface area contributed by atoms with Crippen molar-refractivity contribution in [2.45, 2.75) is 39.0 Å². The first kappa shape index (κ1) is 13.9. The summed E-state index contributed by atoms with van der Waals surface area (Å²) in [6.45, 7) is 2.34. The monoisotopic (exact) mass is 298 g/mol. The molecule has 0 atom stereocenters. The van der Waals surface area contributed by atoms with Gasteiger partial charge < -0.3 is 0 Å². The van der Waals surface area contributed by atoms with Crippen molar-refractivity contribution in [3.05, 3.63) is 52.6 Å². The van der Waals surface area contributed by atoms with Gasteiger partial charge in [-0.1, -0.05) is 37.5 Å². The zero-order chi connectivity index (χ0) is 15.3. The van der Waals surface area contributed by atoms with Gasteiger partial charge in [0.15, 0.2) is 11.6 Å². The second-order valence-corrected chi connectivity index (χ2v) is 7.02. The molecular formula is C20H20F2. The van der Waals surface area contributed by atoms with Crippen molar-refractivity contribution >= 4 is 16.8 Å². The van der Waals surface area contributed by atoms with Gasteiger partial charge in [0.05, 0.1) is 0 Å². The second kappa shape index (κ2) is 5.19. The molecule has 22 heavy (non-hydrogen) atoms. The first-order valence-corrected chi connectivity index (χ1v) is 8.22. The molecule has 114 valence electrons. The van der Waals surface area contributed by atoms with Crippen molar-refractivity contribution in [3.8, 4) is 0 Å². The summed E-state index contributed by atoms with van der Waals surface area (Å²) in [6, 6.07) is 6.65. The van der Waals surface area contributed by atoms with Crippen LogP contribution in [0.3, 0.4) is 0 Å². The van der Waals surface area contributed by atoms with Crippen molar-refractivity contribution in [3.63, 3.8) is 0 Å². The average Bonchev–Trinajstić information content (AvgIpc) is 2.90. The highest BCUT2D eigenvalue weighted by molar-refractivity contribution is 5.87. The molecule has 1 saturated carbocycles. The zero-order valence-electron chi connectivity index (χ0n) is 12.8. The molecular weight excluding hydrogens is 278 g/mol. The predicted molar refractivity (Wildman–Crippen MR) is 86.7 cm³/mol. The molecule has 2 aliphatic rings. The SMILES string of the molecule is CC1CCC(C2=Cc3cc4cc(F)c(F)cc4cc3C2)CC1. The van der Waals surface area contributed by atoms with E-state index in [-0.39, 0.29) is 0 Å². The summed E-state index contributed by atoms with van der Waals surface area (Å²) >= 11 is 0. The van der Waals surface area contributed by atoms with Gasteiger partial charge in [0.1, 0.15) is 0 Å². The summed E-state index contributed by atoms with van der Waals surface area (Å²) in [6.07, 6.45) is 8.46. The topological polar surface area (TPSA) is 0 Å². The second-order valence-electron chi connectivity index (χ2n) is 7.02. The van der Waals surface area contributed by atoms with Crippen molar-refractivity contribution in [2.75, 3.05) is 0 Å². The predicted octanol–water partition coefficient (Wildman–Crippen LogP) is 5.88. The largest absolute Gasteiger partial charge is 0.204 e. The molecule has 0 nitrogen and oxygen atoms in total. The van der Waals surface area contributed by atoms with Gasteiger partial charge in [0.25, 0.3) is 0 Å². The van der Waals surface area contributed by atoms with Crippen LogP contribution < -0.4 is 0 Å². The van der Waals surface area contributed by atoms with Crippen LogP contribution in [0, 0.1) is 23.5 Å². The zero-order valence-corrected chi connectivity index (χ0v) is 12.8. The van der Waals surface area contributed by atoms with Crippen LogP contribution >= 0.6 is 0 Å². The molecule has 4 rings (SSSR count). The molecule has 0 aliphatic heterocycles. The van der Waals surface area contributed by atoms with E-state index >= 15 is 0 Å². The van der Waals surface area contributed by atoms with E-state index < -0.39 is 11.6 Å². The van der Waals surface area contributed by atoms with Crippen molar-refractivity contribution < 1.29 is 8.78 Å². The lowest BCUT2D eigenvalue weighted by molar-refractivity contribution is 0.319. The Balaban J connectivity index is 1.67. The average molecular weight is 298 g/mol. The van der Waals surface area contributed by atoms with Gasteiger partial charge in [-0.25, -0.2) is 8.78 Å². The summed E-state index contributed by atoms with van der Waals surface area (Å²) in [5.74, 6) is 0.0187. The van der Waals surface area contributed by atoms with Crippen LogP contribution in [0.15, 0.2) is 29.8 Å². The summed E-state index contributed by atoms with van der Waals surface area (Å²) < 4.78 is 26.8. The van der Waals surface area contributed by atoms with Crippen LogP contribution in [0.2, 0.25) is 0 Å². The van der Waals surface area contributed by atoms with Gasteiger partial charge in [-0.3, -0.25) is 0 Å². The Hall–Kier alpha value is -1.70. The molecule has 2 aromatic rings. The number of allylic oxidation sites excluding steroid dienone is 1. The molecule has 2 aromatic carbocycles. The number of fused-ring (bicyclic) bond motifs is 2. The smallest absolute Gasteiger partial charge is 0.159 e. The molecule has 1 fully saturated rings. The first-order chi connectivity index (χ1) is 10.6. The molecule has 0 heterocycles. The summed E-state index contributed by atoms with van der Waals surface area (Å²) in [4.78, 5) is 0. The van der Waals surface area contributed by atoms with Gasteiger partial charge in [0.2, 0.25) is 0 Å². The minimum Gasteiger partial charge on any atom is -0.204 e. The molecule has 0 saturated heterocycles. The Morgan fingerprint density at radius 2 is 1.50 bits per heavy atom. The maximum atomic E-state index is 13.4. The van der Waals surface area contributed by atoms with Gasteiger partial charge in [-0.05, 0) is 71.2 Å². The third kappa shape index (κ3) is 2.35. The number of hydrogen-bond acceptors (Lipinski definition) is 0. The molecule has 0 N–H and O–H groups in total. The highest BCUT2D eigenvalue weighted by Crippen LogP contribution is 2.39. The first-order valence-electron chi connectivity index (χ1n) is 8.22. The van der Waals surface area contributed by atoms with Crippen molar-refractivity contribution in [2.24, 2.45) is 11.8 Å². The van der Waals surface area contributed by atoms with E-state index in [0.717, 1.165) is 23.1 Å². The highest BCUT2D eigenvalue weighted by Gasteiger charge is 2.25. The van der Waals surface area contributed by atoms with E-state index in [4.69, 9.17) is 0 Å². The van der Waals surface area contributed by atoms with Crippen molar-refractivity contribution in [1.82, 2.24) is 0 Å². The van der Waals surface area contributed by atoms with Crippen LogP contribution in [0.4, 0.5) is 8.78 Å². The molecule has 0 spiro atoms. The van der Waals surface area contributed by atoms with Crippen LogP contribution in [0.1, 0.15) is 43.7 Å². The highest BCUT2D eigenvalue weighted by atomic mass is 19.2. The van der Waals surface area contributed by atoms with E-state index in [0.29, 0.717) is 5.92 Å². The lowest BCUT2D eigenvalue weighted by Crippen LogP contribution is -2.14. The Kier molecular flexibility index (Phi) is 3.28. The Morgan fingerprint density at radius 1 is 0.864 bits per heavy atom. The molecule has 0 aromatic heterocycles. The number of benzene rings is 2. The number of rotatable bonds is 1. The third-order valence-corrected chi connectivity index (χ3v) is 5.41. The van der Waals surface area contributed by atoms with Gasteiger partial charge in [-0.2, -0.15) is 0 Å².